The first-order valence-electron chi connectivity index (χ1n) is 5.77. The number of carbonyl (C=O) groups excluding carboxylic acids is 1. The van der Waals surface area contributed by atoms with E-state index in [1.807, 2.05) is 11.8 Å². The van der Waals surface area contributed by atoms with Crippen LogP contribution < -0.4 is 0 Å². The second kappa shape index (κ2) is 6.20. The smallest absolute Gasteiger partial charge is 0.274 e. The van der Waals surface area contributed by atoms with Crippen molar-refractivity contribution in [2.24, 2.45) is 0 Å². The zero-order valence-electron chi connectivity index (χ0n) is 10.2. The lowest BCUT2D eigenvalue weighted by Crippen LogP contribution is -2.33. The van der Waals surface area contributed by atoms with Gasteiger partial charge in [0.15, 0.2) is 0 Å². The fourth-order valence-corrected chi connectivity index (χ4v) is 1.52. The van der Waals surface area contributed by atoms with E-state index in [9.17, 15) is 4.79 Å². The molecule has 0 saturated carbocycles. The zero-order valence-corrected chi connectivity index (χ0v) is 10.2. The first-order chi connectivity index (χ1) is 7.69. The van der Waals surface area contributed by atoms with Crippen LogP contribution in [0.3, 0.4) is 0 Å². The van der Waals surface area contributed by atoms with Gasteiger partial charge in [-0.3, -0.25) is 9.78 Å². The van der Waals surface area contributed by atoms with Crippen LogP contribution in [0.4, 0.5) is 0 Å². The van der Waals surface area contributed by atoms with Crippen LogP contribution in [0, 0.1) is 6.92 Å². The summed E-state index contributed by atoms with van der Waals surface area (Å²) < 4.78 is 0. The molecule has 0 unspecified atom stereocenters. The molecule has 0 aliphatic carbocycles. The van der Waals surface area contributed by atoms with Gasteiger partial charge < -0.3 is 4.90 Å². The highest BCUT2D eigenvalue weighted by molar-refractivity contribution is 5.91. The van der Waals surface area contributed by atoms with Crippen LogP contribution in [0.25, 0.3) is 0 Å². The van der Waals surface area contributed by atoms with Gasteiger partial charge in [0.1, 0.15) is 5.69 Å². The van der Waals surface area contributed by atoms with E-state index < -0.39 is 0 Å². The van der Waals surface area contributed by atoms with Gasteiger partial charge in [-0.2, -0.15) is 0 Å². The van der Waals surface area contributed by atoms with Crippen molar-refractivity contribution >= 4 is 5.91 Å². The van der Waals surface area contributed by atoms with E-state index in [1.165, 1.54) is 0 Å². The molecule has 0 bridgehead atoms. The molecule has 0 saturated heterocycles. The Morgan fingerprint density at radius 1 is 1.19 bits per heavy atom. The summed E-state index contributed by atoms with van der Waals surface area (Å²) in [5.74, 6) is -0.0174. The zero-order chi connectivity index (χ0) is 12.0. The van der Waals surface area contributed by atoms with Crippen molar-refractivity contribution in [3.8, 4) is 0 Å². The molecule has 0 atom stereocenters. The van der Waals surface area contributed by atoms with Crippen molar-refractivity contribution in [3.63, 3.8) is 0 Å². The Morgan fingerprint density at radius 2 is 1.81 bits per heavy atom. The molecule has 0 spiro atoms. The highest BCUT2D eigenvalue weighted by atomic mass is 16.2. The number of hydrogen-bond acceptors (Lipinski definition) is 3. The molecular weight excluding hydrogens is 202 g/mol. The molecule has 4 heteroatoms. The fraction of sp³-hybridized carbons (Fsp3) is 0.583. The Kier molecular flexibility index (Phi) is 4.89. The molecule has 0 N–H and O–H groups in total. The van der Waals surface area contributed by atoms with Crippen LogP contribution in [0.15, 0.2) is 12.4 Å². The summed E-state index contributed by atoms with van der Waals surface area (Å²) in [4.78, 5) is 22.1. The SMILES string of the molecule is CCCN(CCC)C(=O)c1cnc(C)cn1. The summed E-state index contributed by atoms with van der Waals surface area (Å²) in [6.07, 6.45) is 5.11. The molecule has 0 fully saturated rings. The largest absolute Gasteiger partial charge is 0.337 e. The van der Waals surface area contributed by atoms with Gasteiger partial charge >= 0.3 is 0 Å². The maximum absolute atomic E-state index is 12.1. The van der Waals surface area contributed by atoms with E-state index in [-0.39, 0.29) is 5.91 Å². The predicted molar refractivity (Wildman–Crippen MR) is 63.3 cm³/mol. The molecule has 1 heterocycles. The number of aryl methyl sites for hydroxylation is 1. The van der Waals surface area contributed by atoms with E-state index in [0.717, 1.165) is 31.6 Å². The molecule has 0 radical (unpaired) electrons. The number of carbonyl (C=O) groups is 1. The third-order valence-electron chi connectivity index (χ3n) is 2.27. The molecule has 0 aliphatic heterocycles. The molecule has 0 aromatic carbocycles. The summed E-state index contributed by atoms with van der Waals surface area (Å²) in [5, 5.41) is 0. The maximum Gasteiger partial charge on any atom is 0.274 e. The number of amides is 1. The average molecular weight is 221 g/mol. The number of hydrogen-bond donors (Lipinski definition) is 0. The quantitative estimate of drug-likeness (QED) is 0.764. The van der Waals surface area contributed by atoms with Gasteiger partial charge in [0.2, 0.25) is 0 Å². The molecule has 16 heavy (non-hydrogen) atoms. The van der Waals surface area contributed by atoms with Crippen molar-refractivity contribution in [2.45, 2.75) is 33.6 Å². The minimum atomic E-state index is -0.0174. The lowest BCUT2D eigenvalue weighted by molar-refractivity contribution is 0.0749. The van der Waals surface area contributed by atoms with Crippen molar-refractivity contribution < 1.29 is 4.79 Å². The average Bonchev–Trinajstić information content (AvgIpc) is 2.29. The molecule has 1 aromatic rings. The maximum atomic E-state index is 12.1. The topological polar surface area (TPSA) is 46.1 Å². The van der Waals surface area contributed by atoms with Gasteiger partial charge in [-0.15, -0.1) is 0 Å². The number of rotatable bonds is 5. The first-order valence-corrected chi connectivity index (χ1v) is 5.77. The van der Waals surface area contributed by atoms with Gasteiger partial charge in [0.25, 0.3) is 5.91 Å². The first kappa shape index (κ1) is 12.6. The molecule has 1 rings (SSSR count). The van der Waals surface area contributed by atoms with E-state index >= 15 is 0 Å². The molecule has 4 nitrogen and oxygen atoms in total. The van der Waals surface area contributed by atoms with Crippen LogP contribution in [0.1, 0.15) is 42.9 Å². The van der Waals surface area contributed by atoms with Crippen LogP contribution >= 0.6 is 0 Å². The third-order valence-corrected chi connectivity index (χ3v) is 2.27. The van der Waals surface area contributed by atoms with Gasteiger partial charge in [-0.1, -0.05) is 13.8 Å². The van der Waals surface area contributed by atoms with Crippen molar-refractivity contribution in [1.29, 1.82) is 0 Å². The van der Waals surface area contributed by atoms with Gasteiger partial charge in [0, 0.05) is 19.3 Å². The summed E-state index contributed by atoms with van der Waals surface area (Å²) >= 11 is 0. The van der Waals surface area contributed by atoms with E-state index in [0.29, 0.717) is 5.69 Å². The molecular formula is C12H19N3O. The van der Waals surface area contributed by atoms with Crippen LogP contribution in [0.2, 0.25) is 0 Å². The molecule has 0 aliphatic rings. The monoisotopic (exact) mass is 221 g/mol. The minimum absolute atomic E-state index is 0.0174. The Bertz CT molecular complexity index is 329. The standard InChI is InChI=1S/C12H19N3O/c1-4-6-15(7-5-2)12(16)11-9-13-10(3)8-14-11/h8-9H,4-7H2,1-3H3. The molecule has 88 valence electrons. The van der Waals surface area contributed by atoms with Gasteiger partial charge in [-0.05, 0) is 19.8 Å². The van der Waals surface area contributed by atoms with E-state index in [1.54, 1.807) is 12.4 Å². The summed E-state index contributed by atoms with van der Waals surface area (Å²) in [6.45, 7) is 7.55. The van der Waals surface area contributed by atoms with Crippen LogP contribution in [-0.4, -0.2) is 33.9 Å². The minimum Gasteiger partial charge on any atom is -0.337 e. The Balaban J connectivity index is 2.77. The second-order valence-corrected chi connectivity index (χ2v) is 3.84. The van der Waals surface area contributed by atoms with Gasteiger partial charge in [0.05, 0.1) is 11.9 Å². The lowest BCUT2D eigenvalue weighted by Gasteiger charge is -2.20. The van der Waals surface area contributed by atoms with Gasteiger partial charge in [-0.25, -0.2) is 4.98 Å². The normalized spacial score (nSPS) is 10.2. The molecule has 1 amide bonds. The second-order valence-electron chi connectivity index (χ2n) is 3.84. The highest BCUT2D eigenvalue weighted by Crippen LogP contribution is 2.03. The Hall–Kier alpha value is -1.45. The van der Waals surface area contributed by atoms with E-state index in [2.05, 4.69) is 23.8 Å². The molecule has 1 aromatic heterocycles. The van der Waals surface area contributed by atoms with Crippen LogP contribution in [0.5, 0.6) is 0 Å². The van der Waals surface area contributed by atoms with Crippen LogP contribution in [-0.2, 0) is 0 Å². The third kappa shape index (κ3) is 3.29. The summed E-state index contributed by atoms with van der Waals surface area (Å²) in [5.41, 5.74) is 1.27. The lowest BCUT2D eigenvalue weighted by atomic mass is 10.3. The Labute approximate surface area is 96.7 Å². The highest BCUT2D eigenvalue weighted by Gasteiger charge is 2.15. The van der Waals surface area contributed by atoms with E-state index in [4.69, 9.17) is 0 Å². The van der Waals surface area contributed by atoms with Crippen molar-refractivity contribution in [1.82, 2.24) is 14.9 Å². The summed E-state index contributed by atoms with van der Waals surface area (Å²) in [7, 11) is 0. The number of aromatic nitrogens is 2. The predicted octanol–water partition coefficient (Wildman–Crippen LogP) is 2.05. The van der Waals surface area contributed by atoms with Crippen molar-refractivity contribution in [3.05, 3.63) is 23.8 Å². The number of nitrogens with zero attached hydrogens (tertiary/aromatic N) is 3. The Morgan fingerprint density at radius 3 is 2.25 bits per heavy atom. The van der Waals surface area contributed by atoms with Crippen molar-refractivity contribution in [2.75, 3.05) is 13.1 Å². The fourth-order valence-electron chi connectivity index (χ4n) is 1.52. The summed E-state index contributed by atoms with van der Waals surface area (Å²) in [6, 6.07) is 0.